The molecule has 4 heterocycles. The van der Waals surface area contributed by atoms with Crippen molar-refractivity contribution in [3.63, 3.8) is 0 Å². The number of esters is 1. The van der Waals surface area contributed by atoms with Gasteiger partial charge in [-0.15, -0.1) is 0 Å². The highest BCUT2D eigenvalue weighted by molar-refractivity contribution is 5.89. The van der Waals surface area contributed by atoms with Gasteiger partial charge in [-0.2, -0.15) is 0 Å². The summed E-state index contributed by atoms with van der Waals surface area (Å²) in [5.41, 5.74) is 4.51. The Hall–Kier alpha value is -6.67. The third kappa shape index (κ3) is 10.6. The van der Waals surface area contributed by atoms with Crippen molar-refractivity contribution >= 4 is 23.0 Å². The number of piperidine rings is 3. The molecule has 62 heavy (non-hydrogen) atoms. The lowest BCUT2D eigenvalue weighted by Gasteiger charge is -2.43. The van der Waals surface area contributed by atoms with E-state index in [1.54, 1.807) is 24.3 Å². The van der Waals surface area contributed by atoms with E-state index in [4.69, 9.17) is 18.9 Å². The molecule has 2 bridgehead atoms. The number of H-pyrrole nitrogens is 1. The number of aromatic hydroxyl groups is 1. The standard InChI is InChI=1S/C49H50N4O9/c54-42-18-16-40(41-17-19-45(56)51-47(41)42)43(55)29-50-28-33-6-4-10-38(26-33)59-24-25-60-48(57)36-14-12-32(13-15-36)31-61-39-11-5-9-37(27-39)46(35-7-2-1-3-8-35)52-49(58)62-44-30-53-22-20-34(44)21-23-53/h1-19,26-27,34,43-44,46,50,54-55H,20-25,28-31H2,(H,51,56)(H,52,58)/t43?,44?,46-/m0/s1. The van der Waals surface area contributed by atoms with E-state index in [9.17, 15) is 24.6 Å². The van der Waals surface area contributed by atoms with Crippen LogP contribution in [-0.2, 0) is 22.6 Å². The number of pyridine rings is 1. The molecule has 13 nitrogen and oxygen atoms in total. The first-order chi connectivity index (χ1) is 30.3. The van der Waals surface area contributed by atoms with Crippen LogP contribution < -0.4 is 25.7 Å². The van der Waals surface area contributed by atoms with Crippen molar-refractivity contribution in [2.24, 2.45) is 5.92 Å². The van der Waals surface area contributed by atoms with E-state index in [1.165, 1.54) is 12.1 Å². The molecular formula is C49H50N4O9. The quantitative estimate of drug-likeness (QED) is 0.0485. The summed E-state index contributed by atoms with van der Waals surface area (Å²) in [5.74, 6) is 1.13. The molecule has 3 atom stereocenters. The SMILES string of the molecule is O=C(N[C@@H](c1ccccc1)c1cccc(OCc2ccc(C(=O)OCCOc3cccc(CNCC(O)c4ccc(O)c5[nH]c(=O)ccc45)c3)cc2)c1)OC1CN2CCC1CC2. The number of aromatic amines is 1. The third-order valence-corrected chi connectivity index (χ3v) is 11.5. The van der Waals surface area contributed by atoms with Gasteiger partial charge in [0.05, 0.1) is 23.2 Å². The second kappa shape index (κ2) is 19.8. The van der Waals surface area contributed by atoms with Gasteiger partial charge in [-0.1, -0.05) is 72.8 Å². The fourth-order valence-corrected chi connectivity index (χ4v) is 8.16. The zero-order chi connectivity index (χ0) is 42.8. The van der Waals surface area contributed by atoms with Gasteiger partial charge in [0.15, 0.2) is 0 Å². The van der Waals surface area contributed by atoms with Crippen molar-refractivity contribution in [2.75, 3.05) is 39.4 Å². The van der Waals surface area contributed by atoms with Crippen LogP contribution in [0.25, 0.3) is 10.9 Å². The van der Waals surface area contributed by atoms with E-state index in [0.29, 0.717) is 40.5 Å². The van der Waals surface area contributed by atoms with Gasteiger partial charge in [-0.3, -0.25) is 9.69 Å². The van der Waals surface area contributed by atoms with Gasteiger partial charge in [-0.05, 0) is 108 Å². The molecule has 0 saturated carbocycles. The predicted molar refractivity (Wildman–Crippen MR) is 233 cm³/mol. The van der Waals surface area contributed by atoms with Crippen LogP contribution in [0.15, 0.2) is 132 Å². The van der Waals surface area contributed by atoms with E-state index in [-0.39, 0.29) is 49.3 Å². The summed E-state index contributed by atoms with van der Waals surface area (Å²) in [6, 6.07) is 37.6. The number of nitrogens with zero attached hydrogens (tertiary/aromatic N) is 1. The lowest BCUT2D eigenvalue weighted by Crippen LogP contribution is -2.52. The number of amides is 1. The number of alkyl carbamates (subject to hydrolysis) is 1. The van der Waals surface area contributed by atoms with Crippen molar-refractivity contribution in [3.05, 3.63) is 171 Å². The Morgan fingerprint density at radius 1 is 0.790 bits per heavy atom. The molecule has 1 amide bonds. The average molecular weight is 839 g/mol. The molecule has 3 aliphatic heterocycles. The Kier molecular flexibility index (Phi) is 13.4. The van der Waals surface area contributed by atoms with Gasteiger partial charge in [0.2, 0.25) is 5.56 Å². The summed E-state index contributed by atoms with van der Waals surface area (Å²) in [6.45, 7) is 4.10. The van der Waals surface area contributed by atoms with Crippen LogP contribution >= 0.6 is 0 Å². The van der Waals surface area contributed by atoms with E-state index >= 15 is 0 Å². The van der Waals surface area contributed by atoms with Crippen molar-refractivity contribution < 1.29 is 38.7 Å². The molecule has 5 aromatic carbocycles. The normalized spacial score (nSPS) is 17.8. The van der Waals surface area contributed by atoms with Gasteiger partial charge < -0.3 is 44.8 Å². The fourth-order valence-electron chi connectivity index (χ4n) is 8.16. The molecule has 6 aromatic rings. The largest absolute Gasteiger partial charge is 0.506 e. The second-order valence-electron chi connectivity index (χ2n) is 15.7. The zero-order valence-electron chi connectivity index (χ0n) is 34.2. The maximum Gasteiger partial charge on any atom is 0.408 e. The summed E-state index contributed by atoms with van der Waals surface area (Å²) in [7, 11) is 0. The highest BCUT2D eigenvalue weighted by Gasteiger charge is 2.37. The van der Waals surface area contributed by atoms with Crippen LogP contribution in [0.4, 0.5) is 4.79 Å². The van der Waals surface area contributed by atoms with Crippen molar-refractivity contribution in [1.29, 1.82) is 0 Å². The Morgan fingerprint density at radius 2 is 1.55 bits per heavy atom. The number of aliphatic hydroxyl groups is 1. The number of ether oxygens (including phenoxy) is 4. The van der Waals surface area contributed by atoms with Crippen LogP contribution in [0.2, 0.25) is 0 Å². The number of carbonyl (C=O) groups excluding carboxylic acids is 2. The zero-order valence-corrected chi connectivity index (χ0v) is 34.2. The number of aromatic nitrogens is 1. The molecule has 0 radical (unpaired) electrons. The minimum atomic E-state index is -0.882. The van der Waals surface area contributed by atoms with Crippen LogP contribution in [-0.4, -0.2) is 77.7 Å². The number of benzene rings is 5. The number of hydrogen-bond acceptors (Lipinski definition) is 11. The first-order valence-corrected chi connectivity index (χ1v) is 20.9. The number of phenols is 1. The van der Waals surface area contributed by atoms with E-state index in [2.05, 4.69) is 20.5 Å². The molecule has 1 aromatic heterocycles. The maximum absolute atomic E-state index is 13.2. The number of nitrogens with one attached hydrogen (secondary N) is 3. The maximum atomic E-state index is 13.2. The minimum Gasteiger partial charge on any atom is -0.506 e. The molecule has 3 fully saturated rings. The highest BCUT2D eigenvalue weighted by atomic mass is 16.6. The highest BCUT2D eigenvalue weighted by Crippen LogP contribution is 2.32. The lowest BCUT2D eigenvalue weighted by molar-refractivity contribution is -0.0336. The topological polar surface area (TPSA) is 172 Å². The summed E-state index contributed by atoms with van der Waals surface area (Å²) in [4.78, 5) is 42.7. The molecule has 3 saturated heterocycles. The van der Waals surface area contributed by atoms with Crippen LogP contribution in [0.3, 0.4) is 0 Å². The van der Waals surface area contributed by atoms with Crippen molar-refractivity contribution in [3.8, 4) is 17.2 Å². The van der Waals surface area contributed by atoms with Crippen LogP contribution in [0, 0.1) is 5.92 Å². The predicted octanol–water partition coefficient (Wildman–Crippen LogP) is 6.78. The van der Waals surface area contributed by atoms with Gasteiger partial charge in [-0.25, -0.2) is 9.59 Å². The molecule has 320 valence electrons. The Morgan fingerprint density at radius 3 is 2.32 bits per heavy atom. The average Bonchev–Trinajstić information content (AvgIpc) is 3.30. The number of hydrogen-bond donors (Lipinski definition) is 5. The second-order valence-corrected chi connectivity index (χ2v) is 15.7. The molecule has 0 spiro atoms. The number of rotatable bonds is 17. The Balaban J connectivity index is 0.777. The fraction of sp³-hybridized carbons (Fsp3) is 0.286. The number of aliphatic hydroxyl groups excluding tert-OH is 1. The summed E-state index contributed by atoms with van der Waals surface area (Å²) in [6.07, 6.45) is 0.720. The monoisotopic (exact) mass is 838 g/mol. The molecule has 3 aliphatic rings. The number of fused-ring (bicyclic) bond motifs is 4. The molecule has 0 aliphatic carbocycles. The molecular weight excluding hydrogens is 789 g/mol. The van der Waals surface area contributed by atoms with Crippen LogP contribution in [0.5, 0.6) is 17.2 Å². The number of phenolic OH excluding ortho intramolecular Hbond substituents is 1. The first-order valence-electron chi connectivity index (χ1n) is 20.9. The summed E-state index contributed by atoms with van der Waals surface area (Å²) in [5, 5.41) is 27.9. The lowest BCUT2D eigenvalue weighted by atomic mass is 9.86. The molecule has 5 N–H and O–H groups in total. The smallest absolute Gasteiger partial charge is 0.408 e. The van der Waals surface area contributed by atoms with Gasteiger partial charge >= 0.3 is 12.1 Å². The third-order valence-electron chi connectivity index (χ3n) is 11.5. The van der Waals surface area contributed by atoms with Crippen molar-refractivity contribution in [2.45, 2.75) is 44.2 Å². The van der Waals surface area contributed by atoms with E-state index < -0.39 is 24.2 Å². The van der Waals surface area contributed by atoms with Crippen molar-refractivity contribution in [1.82, 2.24) is 20.5 Å². The minimum absolute atomic E-state index is 0.0524. The van der Waals surface area contributed by atoms with Crippen LogP contribution in [0.1, 0.15) is 63.2 Å². The first kappa shape index (κ1) is 42.0. The van der Waals surface area contributed by atoms with Gasteiger partial charge in [0.25, 0.3) is 0 Å². The molecule has 13 heteroatoms. The van der Waals surface area contributed by atoms with Gasteiger partial charge in [0.1, 0.15) is 43.2 Å². The Labute approximate surface area is 359 Å². The van der Waals surface area contributed by atoms with Gasteiger partial charge in [0, 0.05) is 31.1 Å². The van der Waals surface area contributed by atoms with E-state index in [0.717, 1.165) is 54.7 Å². The Bertz CT molecular complexity index is 2520. The summed E-state index contributed by atoms with van der Waals surface area (Å²) < 4.78 is 23.5. The van der Waals surface area contributed by atoms with E-state index in [1.807, 2.05) is 91.0 Å². The number of carbonyl (C=O) groups is 2. The molecule has 2 unspecified atom stereocenters. The molecule has 9 rings (SSSR count). The summed E-state index contributed by atoms with van der Waals surface area (Å²) >= 11 is 0.